The van der Waals surface area contributed by atoms with E-state index in [1.165, 1.54) is 37.2 Å². The monoisotopic (exact) mass is 383 g/mol. The van der Waals surface area contributed by atoms with Crippen LogP contribution in [0.5, 0.6) is 5.75 Å². The lowest BCUT2D eigenvalue weighted by Crippen LogP contribution is -2.17. The lowest BCUT2D eigenvalue weighted by molar-refractivity contribution is 0.215. The summed E-state index contributed by atoms with van der Waals surface area (Å²) in [5.74, 6) is 0.476. The van der Waals surface area contributed by atoms with Crippen LogP contribution in [-0.4, -0.2) is 40.5 Å². The fourth-order valence-electron chi connectivity index (χ4n) is 1.82. The maximum Gasteiger partial charge on any atom is 0.263 e. The molecule has 2 rings (SSSR count). The quantitative estimate of drug-likeness (QED) is 0.389. The summed E-state index contributed by atoms with van der Waals surface area (Å²) in [6, 6.07) is 9.13. The van der Waals surface area contributed by atoms with Gasteiger partial charge in [0.1, 0.15) is 7.11 Å². The van der Waals surface area contributed by atoms with E-state index in [2.05, 4.69) is 32.3 Å². The molecule has 0 aliphatic heterocycles. The van der Waals surface area contributed by atoms with Gasteiger partial charge in [-0.05, 0) is 48.2 Å². The van der Waals surface area contributed by atoms with Crippen LogP contribution in [0.3, 0.4) is 0 Å². The Morgan fingerprint density at radius 1 is 1.41 bits per heavy atom. The summed E-state index contributed by atoms with van der Waals surface area (Å²) in [7, 11) is 1.46. The van der Waals surface area contributed by atoms with E-state index >= 15 is 0 Å². The lowest BCUT2D eigenvalue weighted by Gasteiger charge is -2.14. The van der Waals surface area contributed by atoms with E-state index in [1.807, 2.05) is 0 Å². The number of allylic oxidation sites excluding steroid dienone is 1. The lowest BCUT2D eigenvalue weighted by atomic mass is 10.2. The summed E-state index contributed by atoms with van der Waals surface area (Å²) in [4.78, 5) is 4.58. The molecular weight excluding hydrogens is 366 g/mol. The van der Waals surface area contributed by atoms with Gasteiger partial charge in [-0.2, -0.15) is 0 Å². The molecule has 8 nitrogen and oxygen atoms in total. The molecule has 27 heavy (non-hydrogen) atoms. The zero-order chi connectivity index (χ0) is 19.5. The van der Waals surface area contributed by atoms with Crippen molar-refractivity contribution >= 4 is 34.8 Å². The van der Waals surface area contributed by atoms with Gasteiger partial charge in [-0.3, -0.25) is 5.41 Å². The number of rotatable bonds is 9. The van der Waals surface area contributed by atoms with Gasteiger partial charge in [-0.15, -0.1) is 22.0 Å². The van der Waals surface area contributed by atoms with Crippen molar-refractivity contribution in [3.05, 3.63) is 60.3 Å². The SMILES string of the molecule is CO/N=C/C=C\c1cc#cc(OC(C(=N)/C=C\C(=N)SC)c2nnco2)c1. The van der Waals surface area contributed by atoms with Crippen LogP contribution in [0.15, 0.2) is 46.3 Å². The zero-order valence-electron chi connectivity index (χ0n) is 14.7. The third-order valence-corrected chi connectivity index (χ3v) is 3.61. The summed E-state index contributed by atoms with van der Waals surface area (Å²) in [6.45, 7) is 0. The first-order valence-electron chi connectivity index (χ1n) is 7.62. The molecule has 0 spiro atoms. The predicted molar refractivity (Wildman–Crippen MR) is 104 cm³/mol. The predicted octanol–water partition coefficient (Wildman–Crippen LogP) is 3.35. The van der Waals surface area contributed by atoms with E-state index in [0.29, 0.717) is 10.8 Å². The number of hydrogen-bond donors (Lipinski definition) is 2. The summed E-state index contributed by atoms with van der Waals surface area (Å²) < 4.78 is 11.0. The third kappa shape index (κ3) is 6.45. The molecule has 2 aromatic rings. The maximum absolute atomic E-state index is 8.24. The second-order valence-corrected chi connectivity index (χ2v) is 5.70. The molecule has 138 valence electrons. The van der Waals surface area contributed by atoms with Crippen molar-refractivity contribution < 1.29 is 14.0 Å². The average Bonchev–Trinajstić information content (AvgIpc) is 3.22. The Hall–Kier alpha value is -3.38. The summed E-state index contributed by atoms with van der Waals surface area (Å²) >= 11 is 1.26. The molecule has 1 aromatic carbocycles. The van der Waals surface area contributed by atoms with Crippen molar-refractivity contribution in [2.45, 2.75) is 6.10 Å². The van der Waals surface area contributed by atoms with E-state index in [9.17, 15) is 0 Å². The molecule has 0 saturated heterocycles. The molecule has 0 fully saturated rings. The van der Waals surface area contributed by atoms with Crippen LogP contribution in [0.1, 0.15) is 17.6 Å². The number of aromatic nitrogens is 2. The van der Waals surface area contributed by atoms with Crippen molar-refractivity contribution in [2.24, 2.45) is 5.16 Å². The van der Waals surface area contributed by atoms with Gasteiger partial charge in [-0.1, -0.05) is 17.3 Å². The van der Waals surface area contributed by atoms with Crippen LogP contribution in [0.25, 0.3) is 6.08 Å². The van der Waals surface area contributed by atoms with Gasteiger partial charge >= 0.3 is 0 Å². The van der Waals surface area contributed by atoms with Crippen LogP contribution in [-0.2, 0) is 4.84 Å². The van der Waals surface area contributed by atoms with Crippen LogP contribution < -0.4 is 4.74 Å². The Morgan fingerprint density at radius 2 is 2.26 bits per heavy atom. The molecule has 0 saturated carbocycles. The molecule has 1 heterocycles. The smallest absolute Gasteiger partial charge is 0.263 e. The molecule has 1 aromatic heterocycles. The molecule has 0 radical (unpaired) electrons. The van der Waals surface area contributed by atoms with Gasteiger partial charge in [0.2, 0.25) is 12.5 Å². The van der Waals surface area contributed by atoms with Gasteiger partial charge in [0.15, 0.2) is 5.75 Å². The topological polar surface area (TPSA) is 117 Å². The Kier molecular flexibility index (Phi) is 7.81. The minimum Gasteiger partial charge on any atom is -0.466 e. The zero-order valence-corrected chi connectivity index (χ0v) is 15.5. The van der Waals surface area contributed by atoms with Crippen LogP contribution >= 0.6 is 11.8 Å². The fraction of sp³-hybridized carbons (Fsp3) is 0.167. The second-order valence-electron chi connectivity index (χ2n) is 4.85. The first kappa shape index (κ1) is 19.9. The second kappa shape index (κ2) is 10.6. The molecule has 0 aliphatic carbocycles. The minimum atomic E-state index is -0.933. The van der Waals surface area contributed by atoms with E-state index in [-0.39, 0.29) is 11.6 Å². The van der Waals surface area contributed by atoms with Gasteiger partial charge < -0.3 is 19.4 Å². The van der Waals surface area contributed by atoms with Gasteiger partial charge in [0.25, 0.3) is 5.89 Å². The van der Waals surface area contributed by atoms with Crippen LogP contribution in [0.4, 0.5) is 0 Å². The van der Waals surface area contributed by atoms with Gasteiger partial charge in [0.05, 0.1) is 17.0 Å². The summed E-state index contributed by atoms with van der Waals surface area (Å²) in [6.07, 6.45) is 9.96. The number of hydrogen-bond acceptors (Lipinski definition) is 9. The highest BCUT2D eigenvalue weighted by atomic mass is 32.2. The number of nitrogens with zero attached hydrogens (tertiary/aromatic N) is 3. The highest BCUT2D eigenvalue weighted by molar-refractivity contribution is 8.13. The Labute approximate surface area is 161 Å². The van der Waals surface area contributed by atoms with E-state index in [1.54, 1.807) is 30.5 Å². The minimum absolute atomic E-state index is 0.0552. The standard InChI is InChI=1S/C18H17N5O3S/c1-24-22-10-4-6-13-5-3-7-14(11-13)26-17(18-23-21-12-25-18)15(19)8-9-16(20)27-2/h4-6,8-12,17,19-20H,1-2H3/b6-4-,9-8-,19-15?,20-16?,22-10+. The fourth-order valence-corrected chi connectivity index (χ4v) is 2.02. The van der Waals surface area contributed by atoms with Gasteiger partial charge in [-0.25, -0.2) is 0 Å². The van der Waals surface area contributed by atoms with E-state index in [4.69, 9.17) is 20.0 Å². The normalized spacial score (nSPS) is 12.4. The Balaban J connectivity index is 2.19. The van der Waals surface area contributed by atoms with Gasteiger partial charge in [0, 0.05) is 0 Å². The molecular formula is C18H17N5O3S. The van der Waals surface area contributed by atoms with Crippen LogP contribution in [0.2, 0.25) is 0 Å². The molecule has 1 unspecified atom stereocenters. The largest absolute Gasteiger partial charge is 0.466 e. The van der Waals surface area contributed by atoms with Crippen molar-refractivity contribution in [3.8, 4) is 5.75 Å². The van der Waals surface area contributed by atoms with E-state index in [0.717, 1.165) is 12.0 Å². The van der Waals surface area contributed by atoms with Crippen molar-refractivity contribution in [2.75, 3.05) is 13.4 Å². The van der Waals surface area contributed by atoms with Crippen molar-refractivity contribution in [1.82, 2.24) is 10.2 Å². The highest BCUT2D eigenvalue weighted by Gasteiger charge is 2.23. The van der Waals surface area contributed by atoms with Crippen molar-refractivity contribution in [3.63, 3.8) is 0 Å². The first-order valence-corrected chi connectivity index (χ1v) is 8.85. The molecule has 2 N–H and O–H groups in total. The maximum atomic E-state index is 8.24. The highest BCUT2D eigenvalue weighted by Crippen LogP contribution is 2.22. The first-order chi connectivity index (χ1) is 13.1. The summed E-state index contributed by atoms with van der Waals surface area (Å²) in [5.41, 5.74) is 0.849. The van der Waals surface area contributed by atoms with E-state index < -0.39 is 6.10 Å². The number of ether oxygens (including phenoxy) is 1. The molecule has 0 bridgehead atoms. The number of thioether (sulfide) groups is 1. The molecule has 0 amide bonds. The Bertz CT molecular complexity index is 846. The van der Waals surface area contributed by atoms with Crippen LogP contribution in [0, 0.1) is 23.0 Å². The number of nitrogens with one attached hydrogen (secondary N) is 2. The van der Waals surface area contributed by atoms with Crippen molar-refractivity contribution in [1.29, 1.82) is 10.8 Å². The molecule has 9 heteroatoms. The average molecular weight is 383 g/mol. The third-order valence-electron chi connectivity index (χ3n) is 3.04. The summed E-state index contributed by atoms with van der Waals surface area (Å²) in [5, 5.41) is 27.3. The molecule has 1 atom stereocenters. The molecule has 0 aliphatic rings. The number of oxime groups is 1. The Morgan fingerprint density at radius 3 is 2.96 bits per heavy atom.